The predicted molar refractivity (Wildman–Crippen MR) is 74.2 cm³/mol. The largest absolute Gasteiger partial charge is 0.475 e. The molecule has 112 valence electrons. The number of sulfonamides is 1. The standard InChI is InChI=1S/C11H15BrN2O5S/c1-7-6-14(4-3-13(7)2)20(17,18)9-5-8(11(15)16)19-10(9)12/h5,7H,3-4,6H2,1-2H3,(H,15,16). The highest BCUT2D eigenvalue weighted by molar-refractivity contribution is 9.10. The van der Waals surface area contributed by atoms with Gasteiger partial charge in [0.05, 0.1) is 0 Å². The van der Waals surface area contributed by atoms with Crippen molar-refractivity contribution in [1.82, 2.24) is 9.21 Å². The Balaban J connectivity index is 2.33. The summed E-state index contributed by atoms with van der Waals surface area (Å²) in [7, 11) is -1.82. The summed E-state index contributed by atoms with van der Waals surface area (Å²) < 4.78 is 31.2. The third-order valence-electron chi connectivity index (χ3n) is 3.41. The minimum atomic E-state index is -3.76. The van der Waals surface area contributed by atoms with Gasteiger partial charge in [0.1, 0.15) is 4.90 Å². The lowest BCUT2D eigenvalue weighted by molar-refractivity contribution is 0.0661. The summed E-state index contributed by atoms with van der Waals surface area (Å²) >= 11 is 2.97. The highest BCUT2D eigenvalue weighted by Gasteiger charge is 2.34. The molecule has 0 spiro atoms. The maximum Gasteiger partial charge on any atom is 0.371 e. The van der Waals surface area contributed by atoms with Crippen LogP contribution in [0.1, 0.15) is 17.5 Å². The van der Waals surface area contributed by atoms with Crippen LogP contribution in [0.3, 0.4) is 0 Å². The molecule has 0 aromatic carbocycles. The zero-order chi connectivity index (χ0) is 15.1. The molecule has 1 fully saturated rings. The summed E-state index contributed by atoms with van der Waals surface area (Å²) in [6, 6.07) is 1.13. The van der Waals surface area contributed by atoms with Gasteiger partial charge in [0.2, 0.25) is 15.8 Å². The van der Waals surface area contributed by atoms with E-state index in [2.05, 4.69) is 20.8 Å². The molecule has 0 radical (unpaired) electrons. The molecular formula is C11H15BrN2O5S. The van der Waals surface area contributed by atoms with Crippen molar-refractivity contribution < 1.29 is 22.7 Å². The number of hydrogen-bond donors (Lipinski definition) is 1. The van der Waals surface area contributed by atoms with E-state index in [0.29, 0.717) is 19.6 Å². The number of halogens is 1. The maximum atomic E-state index is 12.5. The summed E-state index contributed by atoms with van der Waals surface area (Å²) in [5.41, 5.74) is 0. The minimum absolute atomic E-state index is 0.0820. The minimum Gasteiger partial charge on any atom is -0.475 e. The number of aromatic carboxylic acids is 1. The first-order valence-electron chi connectivity index (χ1n) is 5.96. The predicted octanol–water partition coefficient (Wildman–Crippen LogP) is 1.06. The van der Waals surface area contributed by atoms with E-state index in [0.717, 1.165) is 6.07 Å². The van der Waals surface area contributed by atoms with Gasteiger partial charge in [-0.2, -0.15) is 4.31 Å². The molecule has 0 aliphatic carbocycles. The Hall–Kier alpha value is -0.900. The van der Waals surface area contributed by atoms with Crippen molar-refractivity contribution in [3.63, 3.8) is 0 Å². The Morgan fingerprint density at radius 2 is 2.15 bits per heavy atom. The fraction of sp³-hybridized carbons (Fsp3) is 0.545. The molecule has 1 saturated heterocycles. The lowest BCUT2D eigenvalue weighted by atomic mass is 10.2. The number of carboxylic acids is 1. The van der Waals surface area contributed by atoms with Gasteiger partial charge in [-0.25, -0.2) is 13.2 Å². The van der Waals surface area contributed by atoms with Crippen LogP contribution in [0.4, 0.5) is 0 Å². The number of rotatable bonds is 3. The third-order valence-corrected chi connectivity index (χ3v) is 6.13. The van der Waals surface area contributed by atoms with Crippen LogP contribution in [0.5, 0.6) is 0 Å². The molecular weight excluding hydrogens is 352 g/mol. The molecule has 9 heteroatoms. The Labute approximate surface area is 125 Å². The molecule has 0 bridgehead atoms. The average molecular weight is 367 g/mol. The molecule has 1 aliphatic rings. The lowest BCUT2D eigenvalue weighted by Crippen LogP contribution is -2.51. The van der Waals surface area contributed by atoms with E-state index in [1.54, 1.807) is 0 Å². The van der Waals surface area contributed by atoms with Gasteiger partial charge in [0, 0.05) is 31.7 Å². The third kappa shape index (κ3) is 2.76. The normalized spacial score (nSPS) is 22.1. The summed E-state index contributed by atoms with van der Waals surface area (Å²) in [6.07, 6.45) is 0. The fourth-order valence-electron chi connectivity index (χ4n) is 2.01. The van der Waals surface area contributed by atoms with E-state index in [4.69, 9.17) is 9.52 Å². The van der Waals surface area contributed by atoms with E-state index in [9.17, 15) is 13.2 Å². The van der Waals surface area contributed by atoms with E-state index < -0.39 is 21.8 Å². The molecule has 1 unspecified atom stereocenters. The number of hydrogen-bond acceptors (Lipinski definition) is 5. The second-order valence-electron chi connectivity index (χ2n) is 4.75. The number of carbonyl (C=O) groups is 1. The molecule has 2 rings (SSSR count). The van der Waals surface area contributed by atoms with Gasteiger partial charge in [0.15, 0.2) is 4.67 Å². The topological polar surface area (TPSA) is 91.1 Å². The van der Waals surface area contributed by atoms with Crippen molar-refractivity contribution in [2.24, 2.45) is 0 Å². The Morgan fingerprint density at radius 1 is 1.50 bits per heavy atom. The van der Waals surface area contributed by atoms with Crippen LogP contribution in [0.15, 0.2) is 20.0 Å². The van der Waals surface area contributed by atoms with Crippen molar-refractivity contribution in [3.8, 4) is 0 Å². The molecule has 0 saturated carbocycles. The zero-order valence-corrected chi connectivity index (χ0v) is 13.4. The first-order chi connectivity index (χ1) is 9.23. The van der Waals surface area contributed by atoms with E-state index >= 15 is 0 Å². The zero-order valence-electron chi connectivity index (χ0n) is 11.0. The van der Waals surface area contributed by atoms with Gasteiger partial charge in [0.25, 0.3) is 0 Å². The van der Waals surface area contributed by atoms with Gasteiger partial charge in [-0.05, 0) is 29.9 Å². The van der Waals surface area contributed by atoms with Crippen molar-refractivity contribution in [3.05, 3.63) is 16.5 Å². The summed E-state index contributed by atoms with van der Waals surface area (Å²) in [6.45, 7) is 3.29. The lowest BCUT2D eigenvalue weighted by Gasteiger charge is -2.36. The van der Waals surface area contributed by atoms with E-state index in [1.165, 1.54) is 4.31 Å². The fourth-order valence-corrected chi connectivity index (χ4v) is 4.42. The smallest absolute Gasteiger partial charge is 0.371 e. The van der Waals surface area contributed by atoms with Crippen molar-refractivity contribution in [2.45, 2.75) is 17.9 Å². The molecule has 0 amide bonds. The Morgan fingerprint density at radius 3 is 2.65 bits per heavy atom. The monoisotopic (exact) mass is 366 g/mol. The first-order valence-corrected chi connectivity index (χ1v) is 8.20. The Kier molecular flexibility index (Phi) is 4.24. The SMILES string of the molecule is CC1CN(S(=O)(=O)c2cc(C(=O)O)oc2Br)CCN1C. The molecule has 1 aliphatic heterocycles. The molecule has 1 atom stereocenters. The number of furan rings is 1. The van der Waals surface area contributed by atoms with Crippen LogP contribution in [0.2, 0.25) is 0 Å². The molecule has 1 aromatic heterocycles. The van der Waals surface area contributed by atoms with Crippen LogP contribution >= 0.6 is 15.9 Å². The number of piperazine rings is 1. The van der Waals surface area contributed by atoms with Crippen LogP contribution in [-0.4, -0.2) is 61.4 Å². The molecule has 1 N–H and O–H groups in total. The highest BCUT2D eigenvalue weighted by Crippen LogP contribution is 2.29. The molecule has 7 nitrogen and oxygen atoms in total. The highest BCUT2D eigenvalue weighted by atomic mass is 79.9. The van der Waals surface area contributed by atoms with Crippen molar-refractivity contribution in [2.75, 3.05) is 26.7 Å². The number of carboxylic acid groups (broad SMARTS) is 1. The first kappa shape index (κ1) is 15.5. The quantitative estimate of drug-likeness (QED) is 0.859. The van der Waals surface area contributed by atoms with E-state index in [-0.39, 0.29) is 15.6 Å². The van der Waals surface area contributed by atoms with Gasteiger partial charge in [-0.3, -0.25) is 0 Å². The molecule has 1 aromatic rings. The second-order valence-corrected chi connectivity index (χ2v) is 7.37. The second kappa shape index (κ2) is 5.47. The summed E-state index contributed by atoms with van der Waals surface area (Å²) in [5, 5.41) is 8.85. The van der Waals surface area contributed by atoms with Crippen LogP contribution in [0, 0.1) is 0 Å². The van der Waals surface area contributed by atoms with Crippen LogP contribution in [-0.2, 0) is 10.0 Å². The van der Waals surface area contributed by atoms with Crippen molar-refractivity contribution >= 4 is 31.9 Å². The molecule has 2 heterocycles. The van der Waals surface area contributed by atoms with Crippen LogP contribution < -0.4 is 0 Å². The average Bonchev–Trinajstić information content (AvgIpc) is 2.75. The summed E-state index contributed by atoms with van der Waals surface area (Å²) in [4.78, 5) is 12.8. The van der Waals surface area contributed by atoms with Crippen molar-refractivity contribution in [1.29, 1.82) is 0 Å². The van der Waals surface area contributed by atoms with Gasteiger partial charge in [-0.15, -0.1) is 0 Å². The van der Waals surface area contributed by atoms with Gasteiger partial charge >= 0.3 is 5.97 Å². The number of likely N-dealkylation sites (N-methyl/N-ethyl adjacent to an activating group) is 1. The summed E-state index contributed by atoms with van der Waals surface area (Å²) in [5.74, 6) is -1.71. The Bertz CT molecular complexity index is 627. The number of nitrogens with zero attached hydrogens (tertiary/aromatic N) is 2. The maximum absolute atomic E-state index is 12.5. The van der Waals surface area contributed by atoms with Gasteiger partial charge in [-0.1, -0.05) is 0 Å². The molecule has 20 heavy (non-hydrogen) atoms. The van der Waals surface area contributed by atoms with Gasteiger partial charge < -0.3 is 14.4 Å². The van der Waals surface area contributed by atoms with Crippen LogP contribution in [0.25, 0.3) is 0 Å². The van der Waals surface area contributed by atoms with E-state index in [1.807, 2.05) is 14.0 Å².